The summed E-state index contributed by atoms with van der Waals surface area (Å²) >= 11 is 4.89. The smallest absolute Gasteiger partial charge is 0.263 e. The Labute approximate surface area is 156 Å². The Morgan fingerprint density at radius 3 is 2.38 bits per heavy atom. The average Bonchev–Trinajstić information content (AvgIpc) is 3.10. The number of nitrogens with zero attached hydrogens (tertiary/aromatic N) is 2. The van der Waals surface area contributed by atoms with E-state index >= 15 is 0 Å². The minimum Gasteiger partial charge on any atom is -0.332 e. The number of aromatic nitrogens is 2. The maximum absolute atomic E-state index is 12.6. The van der Waals surface area contributed by atoms with Gasteiger partial charge in [-0.3, -0.25) is 4.72 Å². The van der Waals surface area contributed by atoms with Gasteiger partial charge in [0.05, 0.1) is 16.8 Å². The molecule has 0 saturated carbocycles. The summed E-state index contributed by atoms with van der Waals surface area (Å²) in [6.07, 6.45) is 1.53. The number of hydrazine groups is 1. The summed E-state index contributed by atoms with van der Waals surface area (Å²) in [7, 11) is -3.78. The number of para-hydroxylation sites is 1. The molecule has 0 spiro atoms. The Morgan fingerprint density at radius 1 is 1.04 bits per heavy atom. The molecular weight excluding hydrogens is 372 g/mol. The van der Waals surface area contributed by atoms with Gasteiger partial charge in [0.25, 0.3) is 10.0 Å². The minimum atomic E-state index is -3.78. The van der Waals surface area contributed by atoms with Gasteiger partial charge < -0.3 is 10.7 Å². The van der Waals surface area contributed by atoms with Crippen LogP contribution >= 0.6 is 12.2 Å². The van der Waals surface area contributed by atoms with E-state index in [1.54, 1.807) is 18.2 Å². The number of hydrogen-bond acceptors (Lipinski definition) is 5. The Balaban J connectivity index is 1.82. The molecule has 3 rings (SSSR count). The molecule has 10 heteroatoms. The van der Waals surface area contributed by atoms with E-state index in [9.17, 15) is 8.42 Å². The third-order valence-electron chi connectivity index (χ3n) is 3.44. The SMILES string of the molecule is NNC(=S)Nc1ccc(S(=O)(=O)Nc2ccnn2-c2ccccc2)cc1. The van der Waals surface area contributed by atoms with Crippen LogP contribution in [0.5, 0.6) is 0 Å². The van der Waals surface area contributed by atoms with E-state index < -0.39 is 10.0 Å². The van der Waals surface area contributed by atoms with Gasteiger partial charge in [-0.25, -0.2) is 18.9 Å². The molecule has 0 aliphatic carbocycles. The molecule has 1 heterocycles. The number of thiocarbonyl (C=S) groups is 1. The molecule has 0 saturated heterocycles. The first-order valence-electron chi connectivity index (χ1n) is 7.49. The molecule has 0 atom stereocenters. The summed E-state index contributed by atoms with van der Waals surface area (Å²) in [5.41, 5.74) is 3.65. The second-order valence-corrected chi connectivity index (χ2v) is 7.28. The highest BCUT2D eigenvalue weighted by molar-refractivity contribution is 7.92. The average molecular weight is 388 g/mol. The quantitative estimate of drug-likeness (QED) is 0.299. The fraction of sp³-hybridized carbons (Fsp3) is 0. The first-order chi connectivity index (χ1) is 12.5. The number of rotatable bonds is 5. The lowest BCUT2D eigenvalue weighted by atomic mass is 10.3. The molecule has 134 valence electrons. The number of nitrogens with one attached hydrogen (secondary N) is 3. The van der Waals surface area contributed by atoms with Crippen molar-refractivity contribution in [1.82, 2.24) is 15.2 Å². The fourth-order valence-corrected chi connectivity index (χ4v) is 3.40. The van der Waals surface area contributed by atoms with Gasteiger partial charge in [-0.15, -0.1) is 0 Å². The lowest BCUT2D eigenvalue weighted by molar-refractivity contribution is 0.600. The topological polar surface area (TPSA) is 114 Å². The van der Waals surface area contributed by atoms with E-state index in [1.807, 2.05) is 30.3 Å². The van der Waals surface area contributed by atoms with Crippen LogP contribution in [0, 0.1) is 0 Å². The maximum atomic E-state index is 12.6. The van der Waals surface area contributed by atoms with Crippen molar-refractivity contribution in [3.05, 3.63) is 66.9 Å². The summed E-state index contributed by atoms with van der Waals surface area (Å²) in [4.78, 5) is 0.107. The Kier molecular flexibility index (Phi) is 5.16. The van der Waals surface area contributed by atoms with Crippen LogP contribution in [0.15, 0.2) is 71.8 Å². The molecule has 0 bridgehead atoms. The minimum absolute atomic E-state index is 0.107. The van der Waals surface area contributed by atoms with Gasteiger partial charge in [-0.2, -0.15) is 5.10 Å². The van der Waals surface area contributed by atoms with Crippen LogP contribution in [0.25, 0.3) is 5.69 Å². The van der Waals surface area contributed by atoms with E-state index in [4.69, 9.17) is 18.1 Å². The third-order valence-corrected chi connectivity index (χ3v) is 5.03. The van der Waals surface area contributed by atoms with Crippen LogP contribution < -0.4 is 21.3 Å². The summed E-state index contributed by atoms with van der Waals surface area (Å²) in [5, 5.41) is 7.21. The molecular formula is C16H16N6O2S2. The van der Waals surface area contributed by atoms with Crippen LogP contribution in [0.3, 0.4) is 0 Å². The molecule has 3 aromatic rings. The number of sulfonamides is 1. The molecule has 26 heavy (non-hydrogen) atoms. The zero-order valence-electron chi connectivity index (χ0n) is 13.5. The number of hydrogen-bond donors (Lipinski definition) is 4. The summed E-state index contributed by atoms with van der Waals surface area (Å²) in [6.45, 7) is 0. The number of benzene rings is 2. The Bertz CT molecular complexity index is 1000. The normalized spacial score (nSPS) is 11.0. The van der Waals surface area contributed by atoms with E-state index in [0.29, 0.717) is 11.5 Å². The number of anilines is 2. The highest BCUT2D eigenvalue weighted by atomic mass is 32.2. The molecule has 0 fully saturated rings. The van der Waals surface area contributed by atoms with Crippen molar-refractivity contribution in [2.75, 3.05) is 10.0 Å². The molecule has 0 amide bonds. The number of nitrogens with two attached hydrogens (primary N) is 1. The first-order valence-corrected chi connectivity index (χ1v) is 9.39. The second kappa shape index (κ2) is 7.52. The van der Waals surface area contributed by atoms with Gasteiger partial charge in [0, 0.05) is 11.8 Å². The van der Waals surface area contributed by atoms with Crippen molar-refractivity contribution in [2.45, 2.75) is 4.90 Å². The largest absolute Gasteiger partial charge is 0.332 e. The van der Waals surface area contributed by atoms with Crippen LogP contribution in [-0.4, -0.2) is 23.3 Å². The zero-order valence-corrected chi connectivity index (χ0v) is 15.1. The molecule has 0 aliphatic heterocycles. The highest BCUT2D eigenvalue weighted by Crippen LogP contribution is 2.20. The van der Waals surface area contributed by atoms with Crippen molar-refractivity contribution in [3.8, 4) is 5.69 Å². The molecule has 2 aromatic carbocycles. The summed E-state index contributed by atoms with van der Waals surface area (Å²) < 4.78 is 29.3. The predicted molar refractivity (Wildman–Crippen MR) is 104 cm³/mol. The van der Waals surface area contributed by atoms with Crippen molar-refractivity contribution in [1.29, 1.82) is 0 Å². The maximum Gasteiger partial charge on any atom is 0.263 e. The van der Waals surface area contributed by atoms with Crippen LogP contribution in [0.1, 0.15) is 0 Å². The Morgan fingerprint density at radius 2 is 1.73 bits per heavy atom. The van der Waals surface area contributed by atoms with Crippen LogP contribution in [-0.2, 0) is 10.0 Å². The van der Waals surface area contributed by atoms with Gasteiger partial charge in [0.1, 0.15) is 5.82 Å². The Hall–Kier alpha value is -2.95. The van der Waals surface area contributed by atoms with E-state index in [1.165, 1.54) is 23.0 Å². The highest BCUT2D eigenvalue weighted by Gasteiger charge is 2.17. The van der Waals surface area contributed by atoms with Gasteiger partial charge >= 0.3 is 0 Å². The van der Waals surface area contributed by atoms with Gasteiger partial charge in [-0.1, -0.05) is 18.2 Å². The first kappa shape index (κ1) is 17.9. The molecule has 1 aromatic heterocycles. The van der Waals surface area contributed by atoms with Crippen molar-refractivity contribution in [3.63, 3.8) is 0 Å². The van der Waals surface area contributed by atoms with E-state index in [-0.39, 0.29) is 10.0 Å². The van der Waals surface area contributed by atoms with Crippen molar-refractivity contribution in [2.24, 2.45) is 5.84 Å². The van der Waals surface area contributed by atoms with E-state index in [0.717, 1.165) is 5.69 Å². The molecule has 5 N–H and O–H groups in total. The van der Waals surface area contributed by atoms with Crippen molar-refractivity contribution < 1.29 is 8.42 Å². The van der Waals surface area contributed by atoms with Crippen LogP contribution in [0.2, 0.25) is 0 Å². The summed E-state index contributed by atoms with van der Waals surface area (Å²) in [5.74, 6) is 5.53. The molecule has 8 nitrogen and oxygen atoms in total. The van der Waals surface area contributed by atoms with Gasteiger partial charge in [0.15, 0.2) is 5.11 Å². The van der Waals surface area contributed by atoms with Crippen molar-refractivity contribution >= 4 is 38.9 Å². The standard InChI is InChI=1S/C16H16N6O2S2/c17-20-16(25)19-12-6-8-14(9-7-12)26(23,24)21-15-10-11-18-22(15)13-4-2-1-3-5-13/h1-11,21H,17H2,(H2,19,20,25). The lowest BCUT2D eigenvalue weighted by Crippen LogP contribution is -2.34. The molecule has 0 radical (unpaired) electrons. The lowest BCUT2D eigenvalue weighted by Gasteiger charge is -2.11. The monoisotopic (exact) mass is 388 g/mol. The third kappa shape index (κ3) is 3.99. The molecule has 0 aliphatic rings. The van der Waals surface area contributed by atoms with Gasteiger partial charge in [-0.05, 0) is 48.6 Å². The summed E-state index contributed by atoms with van der Waals surface area (Å²) in [6, 6.07) is 16.9. The van der Waals surface area contributed by atoms with Crippen LogP contribution in [0.4, 0.5) is 11.5 Å². The van der Waals surface area contributed by atoms with Gasteiger partial charge in [0.2, 0.25) is 0 Å². The fourth-order valence-electron chi connectivity index (χ4n) is 2.24. The second-order valence-electron chi connectivity index (χ2n) is 5.19. The predicted octanol–water partition coefficient (Wildman–Crippen LogP) is 1.83. The molecule has 0 unspecified atom stereocenters. The zero-order chi connectivity index (χ0) is 18.6. The van der Waals surface area contributed by atoms with E-state index in [2.05, 4.69) is 20.6 Å².